The maximum atomic E-state index is 5.46. The van der Waals surface area contributed by atoms with Crippen molar-refractivity contribution < 1.29 is 4.74 Å². The van der Waals surface area contributed by atoms with Gasteiger partial charge in [0.1, 0.15) is 0 Å². The van der Waals surface area contributed by atoms with Crippen LogP contribution in [0.3, 0.4) is 0 Å². The average Bonchev–Trinajstić information content (AvgIpc) is 2.42. The maximum Gasteiger partial charge on any atom is 0.0469 e. The number of ether oxygens (including phenoxy) is 1. The minimum atomic E-state index is 0.478. The van der Waals surface area contributed by atoms with Gasteiger partial charge < -0.3 is 10.1 Å². The molecule has 1 aromatic rings. The van der Waals surface area contributed by atoms with Crippen molar-refractivity contribution in [1.82, 2.24) is 5.32 Å². The van der Waals surface area contributed by atoms with Crippen LogP contribution in [0, 0.1) is 5.92 Å². The Labute approximate surface area is 111 Å². The first-order valence-electron chi connectivity index (χ1n) is 7.19. The molecule has 0 aliphatic carbocycles. The summed E-state index contributed by atoms with van der Waals surface area (Å²) in [6.45, 7) is 4.07. The topological polar surface area (TPSA) is 21.3 Å². The Bertz CT molecular complexity index is 358. The van der Waals surface area contributed by atoms with Crippen molar-refractivity contribution in [2.24, 2.45) is 5.92 Å². The van der Waals surface area contributed by atoms with Crippen molar-refractivity contribution in [3.63, 3.8) is 0 Å². The molecule has 1 aliphatic heterocycles. The van der Waals surface area contributed by atoms with E-state index in [-0.39, 0.29) is 0 Å². The Morgan fingerprint density at radius 1 is 1.33 bits per heavy atom. The van der Waals surface area contributed by atoms with E-state index in [0.29, 0.717) is 12.0 Å². The lowest BCUT2D eigenvalue weighted by atomic mass is 9.86. The number of aryl methyl sites for hydroxylation is 1. The van der Waals surface area contributed by atoms with Gasteiger partial charge in [-0.25, -0.2) is 0 Å². The fourth-order valence-electron chi connectivity index (χ4n) is 2.95. The van der Waals surface area contributed by atoms with Gasteiger partial charge in [0.2, 0.25) is 0 Å². The second kappa shape index (κ2) is 6.91. The predicted octanol–water partition coefficient (Wildman–Crippen LogP) is 3.33. The van der Waals surface area contributed by atoms with Crippen LogP contribution in [-0.4, -0.2) is 20.3 Å². The van der Waals surface area contributed by atoms with Gasteiger partial charge in [-0.1, -0.05) is 37.6 Å². The summed E-state index contributed by atoms with van der Waals surface area (Å²) in [5.41, 5.74) is 2.90. The van der Waals surface area contributed by atoms with Gasteiger partial charge in [0.05, 0.1) is 0 Å². The molecule has 1 heterocycles. The summed E-state index contributed by atoms with van der Waals surface area (Å²) >= 11 is 0. The van der Waals surface area contributed by atoms with Crippen molar-refractivity contribution in [3.8, 4) is 0 Å². The van der Waals surface area contributed by atoms with Gasteiger partial charge in [0.25, 0.3) is 0 Å². The fraction of sp³-hybridized carbons (Fsp3) is 0.625. The van der Waals surface area contributed by atoms with Crippen LogP contribution in [0.25, 0.3) is 0 Å². The van der Waals surface area contributed by atoms with Crippen LogP contribution in [0.15, 0.2) is 24.3 Å². The molecule has 0 aromatic heterocycles. The summed E-state index contributed by atoms with van der Waals surface area (Å²) in [4.78, 5) is 0. The van der Waals surface area contributed by atoms with Crippen LogP contribution in [0.4, 0.5) is 0 Å². The Morgan fingerprint density at radius 2 is 2.11 bits per heavy atom. The van der Waals surface area contributed by atoms with E-state index in [1.807, 2.05) is 0 Å². The highest BCUT2D eigenvalue weighted by Crippen LogP contribution is 2.30. The maximum absolute atomic E-state index is 5.46. The fourth-order valence-corrected chi connectivity index (χ4v) is 2.95. The summed E-state index contributed by atoms with van der Waals surface area (Å²) in [5, 5.41) is 3.50. The molecule has 0 radical (unpaired) electrons. The highest BCUT2D eigenvalue weighted by atomic mass is 16.5. The number of rotatable bonds is 5. The van der Waals surface area contributed by atoms with E-state index < -0.39 is 0 Å². The molecule has 0 saturated carbocycles. The SMILES string of the molecule is CCCc1cccc(C(NC)C2CCOCC2)c1. The van der Waals surface area contributed by atoms with E-state index in [1.165, 1.54) is 36.8 Å². The molecule has 0 bridgehead atoms. The lowest BCUT2D eigenvalue weighted by Crippen LogP contribution is -2.30. The summed E-state index contributed by atoms with van der Waals surface area (Å²) in [7, 11) is 2.08. The normalized spacial score (nSPS) is 18.8. The van der Waals surface area contributed by atoms with Gasteiger partial charge in [-0.2, -0.15) is 0 Å². The molecule has 1 fully saturated rings. The molecule has 2 nitrogen and oxygen atoms in total. The third-order valence-electron chi connectivity index (χ3n) is 3.90. The zero-order valence-corrected chi connectivity index (χ0v) is 11.6. The number of nitrogens with one attached hydrogen (secondary N) is 1. The molecule has 1 unspecified atom stereocenters. The third kappa shape index (κ3) is 3.33. The molecule has 0 spiro atoms. The summed E-state index contributed by atoms with van der Waals surface area (Å²) < 4.78 is 5.46. The van der Waals surface area contributed by atoms with Gasteiger partial charge in [-0.3, -0.25) is 0 Å². The lowest BCUT2D eigenvalue weighted by Gasteiger charge is -2.30. The van der Waals surface area contributed by atoms with Crippen LogP contribution in [0.2, 0.25) is 0 Å². The van der Waals surface area contributed by atoms with Gasteiger partial charge in [0, 0.05) is 19.3 Å². The highest BCUT2D eigenvalue weighted by Gasteiger charge is 2.24. The third-order valence-corrected chi connectivity index (χ3v) is 3.90. The van der Waals surface area contributed by atoms with Crippen molar-refractivity contribution in [2.75, 3.05) is 20.3 Å². The van der Waals surface area contributed by atoms with Crippen LogP contribution >= 0.6 is 0 Å². The zero-order valence-electron chi connectivity index (χ0n) is 11.6. The molecule has 2 heteroatoms. The van der Waals surface area contributed by atoms with Gasteiger partial charge in [-0.05, 0) is 43.4 Å². The summed E-state index contributed by atoms with van der Waals surface area (Å²) in [6.07, 6.45) is 4.73. The first-order chi connectivity index (χ1) is 8.85. The number of benzene rings is 1. The molecular weight excluding hydrogens is 222 g/mol. The van der Waals surface area contributed by atoms with E-state index in [0.717, 1.165) is 13.2 Å². The largest absolute Gasteiger partial charge is 0.381 e. The highest BCUT2D eigenvalue weighted by molar-refractivity contribution is 5.26. The molecular formula is C16H25NO. The standard InChI is InChI=1S/C16H25NO/c1-3-5-13-6-4-7-15(12-13)16(17-2)14-8-10-18-11-9-14/h4,6-7,12,14,16-17H,3,5,8-11H2,1-2H3. The molecule has 18 heavy (non-hydrogen) atoms. The molecule has 1 aromatic carbocycles. The van der Waals surface area contributed by atoms with Gasteiger partial charge in [-0.15, -0.1) is 0 Å². The summed E-state index contributed by atoms with van der Waals surface area (Å²) in [6, 6.07) is 9.55. The van der Waals surface area contributed by atoms with E-state index in [2.05, 4.69) is 43.6 Å². The van der Waals surface area contributed by atoms with E-state index >= 15 is 0 Å². The molecule has 1 saturated heterocycles. The van der Waals surface area contributed by atoms with Crippen molar-refractivity contribution in [1.29, 1.82) is 0 Å². The molecule has 1 aliphatic rings. The Kier molecular flexibility index (Phi) is 5.21. The van der Waals surface area contributed by atoms with Crippen LogP contribution < -0.4 is 5.32 Å². The predicted molar refractivity (Wildman–Crippen MR) is 75.8 cm³/mol. The average molecular weight is 247 g/mol. The lowest BCUT2D eigenvalue weighted by molar-refractivity contribution is 0.0546. The minimum absolute atomic E-state index is 0.478. The minimum Gasteiger partial charge on any atom is -0.381 e. The first-order valence-corrected chi connectivity index (χ1v) is 7.19. The van der Waals surface area contributed by atoms with Crippen LogP contribution in [0.1, 0.15) is 43.4 Å². The molecule has 1 N–H and O–H groups in total. The summed E-state index contributed by atoms with van der Waals surface area (Å²) in [5.74, 6) is 0.709. The van der Waals surface area contributed by atoms with Crippen molar-refractivity contribution in [3.05, 3.63) is 35.4 Å². The quantitative estimate of drug-likeness (QED) is 0.861. The monoisotopic (exact) mass is 247 g/mol. The van der Waals surface area contributed by atoms with E-state index in [9.17, 15) is 0 Å². The second-order valence-electron chi connectivity index (χ2n) is 5.21. The second-order valence-corrected chi connectivity index (χ2v) is 5.21. The van der Waals surface area contributed by atoms with Crippen molar-refractivity contribution >= 4 is 0 Å². The molecule has 2 rings (SSSR count). The van der Waals surface area contributed by atoms with Gasteiger partial charge in [0.15, 0.2) is 0 Å². The van der Waals surface area contributed by atoms with E-state index in [4.69, 9.17) is 4.74 Å². The number of hydrogen-bond acceptors (Lipinski definition) is 2. The molecule has 100 valence electrons. The Morgan fingerprint density at radius 3 is 2.78 bits per heavy atom. The molecule has 1 atom stereocenters. The first kappa shape index (κ1) is 13.6. The van der Waals surface area contributed by atoms with E-state index in [1.54, 1.807) is 0 Å². The number of hydrogen-bond donors (Lipinski definition) is 1. The Balaban J connectivity index is 2.12. The van der Waals surface area contributed by atoms with Crippen LogP contribution in [-0.2, 0) is 11.2 Å². The zero-order chi connectivity index (χ0) is 12.8. The van der Waals surface area contributed by atoms with Crippen LogP contribution in [0.5, 0.6) is 0 Å². The smallest absolute Gasteiger partial charge is 0.0469 e. The van der Waals surface area contributed by atoms with Gasteiger partial charge >= 0.3 is 0 Å². The Hall–Kier alpha value is -0.860. The molecule has 0 amide bonds. The van der Waals surface area contributed by atoms with Crippen molar-refractivity contribution in [2.45, 2.75) is 38.6 Å².